The first-order valence-electron chi connectivity index (χ1n) is 7.49. The summed E-state index contributed by atoms with van der Waals surface area (Å²) in [7, 11) is 0. The van der Waals surface area contributed by atoms with E-state index in [9.17, 15) is 14.7 Å². The van der Waals surface area contributed by atoms with Crippen molar-refractivity contribution in [2.75, 3.05) is 5.32 Å². The van der Waals surface area contributed by atoms with Crippen LogP contribution in [0.25, 0.3) is 0 Å². The normalized spacial score (nSPS) is 13.8. The van der Waals surface area contributed by atoms with E-state index < -0.39 is 5.97 Å². The molecule has 1 fully saturated rings. The van der Waals surface area contributed by atoms with Crippen LogP contribution in [0.2, 0.25) is 0 Å². The SMILES string of the molecule is Cc1ccc(NC(=O)Cn2nnc(C(=O)O)c2C2CC2)c(C)c1. The van der Waals surface area contributed by atoms with Crippen LogP contribution in [-0.4, -0.2) is 32.0 Å². The molecule has 2 aromatic rings. The molecule has 7 heteroatoms. The summed E-state index contributed by atoms with van der Waals surface area (Å²) >= 11 is 0. The molecule has 0 saturated heterocycles. The Hall–Kier alpha value is -2.70. The van der Waals surface area contributed by atoms with E-state index in [1.807, 2.05) is 32.0 Å². The maximum atomic E-state index is 12.2. The summed E-state index contributed by atoms with van der Waals surface area (Å²) < 4.78 is 1.40. The second-order valence-electron chi connectivity index (χ2n) is 5.93. The lowest BCUT2D eigenvalue weighted by atomic mass is 10.1. The number of carboxylic acids is 1. The molecule has 1 aliphatic carbocycles. The van der Waals surface area contributed by atoms with Crippen LogP contribution in [0.15, 0.2) is 18.2 Å². The van der Waals surface area contributed by atoms with Gasteiger partial charge in [0, 0.05) is 11.6 Å². The van der Waals surface area contributed by atoms with Crippen LogP contribution in [0.1, 0.15) is 46.1 Å². The Bertz CT molecular complexity index is 778. The average molecular weight is 314 g/mol. The highest BCUT2D eigenvalue weighted by molar-refractivity contribution is 5.92. The topological polar surface area (TPSA) is 97.1 Å². The maximum absolute atomic E-state index is 12.2. The van der Waals surface area contributed by atoms with E-state index in [-0.39, 0.29) is 24.1 Å². The molecular formula is C16H18N4O3. The number of benzene rings is 1. The molecular weight excluding hydrogens is 296 g/mol. The van der Waals surface area contributed by atoms with Crippen molar-refractivity contribution in [1.29, 1.82) is 0 Å². The van der Waals surface area contributed by atoms with Crippen LogP contribution in [0.5, 0.6) is 0 Å². The first-order valence-corrected chi connectivity index (χ1v) is 7.49. The second-order valence-corrected chi connectivity index (χ2v) is 5.93. The molecule has 1 aliphatic rings. The van der Waals surface area contributed by atoms with Crippen LogP contribution >= 0.6 is 0 Å². The largest absolute Gasteiger partial charge is 0.476 e. The van der Waals surface area contributed by atoms with Crippen LogP contribution in [-0.2, 0) is 11.3 Å². The van der Waals surface area contributed by atoms with Crippen molar-refractivity contribution < 1.29 is 14.7 Å². The van der Waals surface area contributed by atoms with Gasteiger partial charge in [-0.1, -0.05) is 22.9 Å². The van der Waals surface area contributed by atoms with Gasteiger partial charge in [0.15, 0.2) is 5.69 Å². The Morgan fingerprint density at radius 2 is 2.09 bits per heavy atom. The molecule has 0 unspecified atom stereocenters. The second kappa shape index (κ2) is 5.83. The number of rotatable bonds is 5. The summed E-state index contributed by atoms with van der Waals surface area (Å²) in [6, 6.07) is 5.77. The first-order chi connectivity index (χ1) is 11.0. The van der Waals surface area contributed by atoms with E-state index in [4.69, 9.17) is 0 Å². The number of anilines is 1. The lowest BCUT2D eigenvalue weighted by molar-refractivity contribution is -0.117. The van der Waals surface area contributed by atoms with E-state index in [1.54, 1.807) is 0 Å². The van der Waals surface area contributed by atoms with Gasteiger partial charge in [-0.05, 0) is 38.3 Å². The van der Waals surface area contributed by atoms with Crippen molar-refractivity contribution in [3.63, 3.8) is 0 Å². The Balaban J connectivity index is 1.77. The highest BCUT2D eigenvalue weighted by atomic mass is 16.4. The molecule has 1 aromatic carbocycles. The Morgan fingerprint density at radius 3 is 2.70 bits per heavy atom. The van der Waals surface area contributed by atoms with Gasteiger partial charge >= 0.3 is 5.97 Å². The Morgan fingerprint density at radius 1 is 1.35 bits per heavy atom. The quantitative estimate of drug-likeness (QED) is 0.881. The molecule has 0 radical (unpaired) electrons. The number of hydrogen-bond acceptors (Lipinski definition) is 4. The summed E-state index contributed by atoms with van der Waals surface area (Å²) in [6.07, 6.45) is 1.82. The molecule has 1 aromatic heterocycles. The summed E-state index contributed by atoms with van der Waals surface area (Å²) in [5, 5.41) is 19.5. The molecule has 0 spiro atoms. The van der Waals surface area contributed by atoms with Gasteiger partial charge in [0.25, 0.3) is 0 Å². The number of hydrogen-bond donors (Lipinski definition) is 2. The predicted molar refractivity (Wildman–Crippen MR) is 83.5 cm³/mol. The maximum Gasteiger partial charge on any atom is 0.358 e. The lowest BCUT2D eigenvalue weighted by Crippen LogP contribution is -2.21. The van der Waals surface area contributed by atoms with Gasteiger partial charge in [0.05, 0.1) is 5.69 Å². The number of aryl methyl sites for hydroxylation is 2. The van der Waals surface area contributed by atoms with Gasteiger partial charge in [-0.2, -0.15) is 0 Å². The molecule has 3 rings (SSSR count). The third-order valence-electron chi connectivity index (χ3n) is 3.89. The van der Waals surface area contributed by atoms with Crippen LogP contribution in [0, 0.1) is 13.8 Å². The van der Waals surface area contributed by atoms with E-state index in [0.717, 1.165) is 29.7 Å². The Labute approximate surface area is 133 Å². The fourth-order valence-electron chi connectivity index (χ4n) is 2.63. The van der Waals surface area contributed by atoms with E-state index in [0.29, 0.717) is 5.69 Å². The minimum absolute atomic E-state index is 0.0422. The number of amides is 1. The number of nitrogens with one attached hydrogen (secondary N) is 1. The number of nitrogens with zero attached hydrogens (tertiary/aromatic N) is 3. The minimum atomic E-state index is -1.10. The highest BCUT2D eigenvalue weighted by Crippen LogP contribution is 2.41. The fourth-order valence-corrected chi connectivity index (χ4v) is 2.63. The number of carbonyl (C=O) groups excluding carboxylic acids is 1. The standard InChI is InChI=1S/C16H18N4O3/c1-9-3-6-12(10(2)7-9)17-13(21)8-20-15(11-4-5-11)14(16(22)23)18-19-20/h3,6-7,11H,4-5,8H2,1-2H3,(H,17,21)(H,22,23). The molecule has 1 heterocycles. The van der Waals surface area contributed by atoms with Gasteiger partial charge in [-0.3, -0.25) is 4.79 Å². The molecule has 23 heavy (non-hydrogen) atoms. The van der Waals surface area contributed by atoms with Crippen molar-refractivity contribution in [1.82, 2.24) is 15.0 Å². The number of carboxylic acid groups (broad SMARTS) is 1. The zero-order valence-corrected chi connectivity index (χ0v) is 13.0. The highest BCUT2D eigenvalue weighted by Gasteiger charge is 2.34. The summed E-state index contributed by atoms with van der Waals surface area (Å²) in [5.41, 5.74) is 3.34. The van der Waals surface area contributed by atoms with Gasteiger partial charge in [0.2, 0.25) is 5.91 Å². The Kier molecular flexibility index (Phi) is 3.85. The third kappa shape index (κ3) is 3.23. The zero-order valence-electron chi connectivity index (χ0n) is 13.0. The van der Waals surface area contributed by atoms with Gasteiger partial charge < -0.3 is 10.4 Å². The molecule has 120 valence electrons. The van der Waals surface area contributed by atoms with Crippen molar-refractivity contribution in [2.45, 2.75) is 39.2 Å². The number of carbonyl (C=O) groups is 2. The first kappa shape index (κ1) is 15.2. The third-order valence-corrected chi connectivity index (χ3v) is 3.89. The molecule has 1 saturated carbocycles. The molecule has 0 bridgehead atoms. The predicted octanol–water partition coefficient (Wildman–Crippen LogP) is 2.11. The zero-order chi connectivity index (χ0) is 16.6. The van der Waals surface area contributed by atoms with Gasteiger partial charge in [0.1, 0.15) is 6.54 Å². The fraction of sp³-hybridized carbons (Fsp3) is 0.375. The van der Waals surface area contributed by atoms with E-state index >= 15 is 0 Å². The van der Waals surface area contributed by atoms with Crippen molar-refractivity contribution in [3.8, 4) is 0 Å². The molecule has 0 aliphatic heterocycles. The van der Waals surface area contributed by atoms with Crippen molar-refractivity contribution in [2.24, 2.45) is 0 Å². The van der Waals surface area contributed by atoms with Crippen LogP contribution in [0.3, 0.4) is 0 Å². The van der Waals surface area contributed by atoms with Crippen LogP contribution < -0.4 is 5.32 Å². The number of aromatic nitrogens is 3. The van der Waals surface area contributed by atoms with Gasteiger partial charge in [-0.25, -0.2) is 9.48 Å². The minimum Gasteiger partial charge on any atom is -0.476 e. The van der Waals surface area contributed by atoms with E-state index in [1.165, 1.54) is 4.68 Å². The smallest absolute Gasteiger partial charge is 0.358 e. The molecule has 1 amide bonds. The molecule has 0 atom stereocenters. The molecule has 7 nitrogen and oxygen atoms in total. The van der Waals surface area contributed by atoms with Crippen LogP contribution in [0.4, 0.5) is 5.69 Å². The average Bonchev–Trinajstić information content (AvgIpc) is 3.23. The monoisotopic (exact) mass is 314 g/mol. The van der Waals surface area contributed by atoms with E-state index in [2.05, 4.69) is 15.6 Å². The summed E-state index contributed by atoms with van der Waals surface area (Å²) in [5.74, 6) is -1.21. The van der Waals surface area contributed by atoms with Crippen molar-refractivity contribution in [3.05, 3.63) is 40.7 Å². The number of aromatic carboxylic acids is 1. The lowest BCUT2D eigenvalue weighted by Gasteiger charge is -2.10. The van der Waals surface area contributed by atoms with Gasteiger partial charge in [-0.15, -0.1) is 5.10 Å². The summed E-state index contributed by atoms with van der Waals surface area (Å²) in [6.45, 7) is 3.87. The summed E-state index contributed by atoms with van der Waals surface area (Å²) in [4.78, 5) is 23.5. The molecule has 2 N–H and O–H groups in total. The van der Waals surface area contributed by atoms with Crippen molar-refractivity contribution >= 4 is 17.6 Å².